The van der Waals surface area contributed by atoms with Crippen LogP contribution in [-0.4, -0.2) is 63.3 Å². The molecule has 6 nitrogen and oxygen atoms in total. The third-order valence-electron chi connectivity index (χ3n) is 6.06. The molecule has 1 aliphatic rings. The summed E-state index contributed by atoms with van der Waals surface area (Å²) in [5.74, 6) is -0.744. The Morgan fingerprint density at radius 1 is 0.816 bits per heavy atom. The number of halogens is 5. The first-order valence-corrected chi connectivity index (χ1v) is 13.9. The summed E-state index contributed by atoms with van der Waals surface area (Å²) in [6.07, 6.45) is -5.35. The van der Waals surface area contributed by atoms with Crippen molar-refractivity contribution in [1.82, 2.24) is 9.21 Å². The molecule has 0 aromatic heterocycles. The first-order valence-electron chi connectivity index (χ1n) is 11.7. The lowest BCUT2D eigenvalue weighted by Gasteiger charge is -2.34. The van der Waals surface area contributed by atoms with E-state index >= 15 is 0 Å². The van der Waals surface area contributed by atoms with Crippen molar-refractivity contribution in [3.8, 4) is 5.75 Å². The van der Waals surface area contributed by atoms with Gasteiger partial charge in [0, 0.05) is 42.8 Å². The maximum Gasteiger partial charge on any atom is 0.573 e. The van der Waals surface area contributed by atoms with E-state index in [9.17, 15) is 21.6 Å². The molecule has 0 bridgehead atoms. The second-order valence-corrected chi connectivity index (χ2v) is 11.4. The Kier molecular flexibility index (Phi) is 9.23. The number of sulfonamides is 1. The van der Waals surface area contributed by atoms with Crippen molar-refractivity contribution in [2.45, 2.75) is 17.4 Å². The predicted molar refractivity (Wildman–Crippen MR) is 139 cm³/mol. The van der Waals surface area contributed by atoms with E-state index in [0.717, 1.165) is 23.3 Å². The SMILES string of the molecule is O=S(=O)(c1ccccc1OC(F)(F)F)N1CCN(CCOC(c2ccc(Cl)cc2)c2ccc(Cl)cc2)CC1. The van der Waals surface area contributed by atoms with E-state index in [0.29, 0.717) is 36.3 Å². The van der Waals surface area contributed by atoms with Gasteiger partial charge >= 0.3 is 6.36 Å². The normalized spacial score (nSPS) is 15.6. The summed E-state index contributed by atoms with van der Waals surface area (Å²) in [4.78, 5) is 1.54. The molecule has 4 rings (SSSR count). The summed E-state index contributed by atoms with van der Waals surface area (Å²) < 4.78 is 75.8. The highest BCUT2D eigenvalue weighted by molar-refractivity contribution is 7.89. The molecule has 38 heavy (non-hydrogen) atoms. The number of rotatable bonds is 9. The van der Waals surface area contributed by atoms with Gasteiger partial charge in [-0.1, -0.05) is 59.6 Å². The van der Waals surface area contributed by atoms with Gasteiger partial charge in [0.1, 0.15) is 16.7 Å². The van der Waals surface area contributed by atoms with Crippen LogP contribution in [0.2, 0.25) is 10.0 Å². The van der Waals surface area contributed by atoms with E-state index in [1.807, 2.05) is 29.2 Å². The zero-order valence-corrected chi connectivity index (χ0v) is 22.4. The molecular formula is C26H25Cl2F3N2O4S. The van der Waals surface area contributed by atoms with Crippen LogP contribution in [0.5, 0.6) is 5.75 Å². The van der Waals surface area contributed by atoms with Crippen molar-refractivity contribution >= 4 is 33.2 Å². The first-order chi connectivity index (χ1) is 18.0. The Hall–Kier alpha value is -2.34. The highest BCUT2D eigenvalue weighted by atomic mass is 35.5. The molecule has 0 spiro atoms. The number of alkyl halides is 3. The lowest BCUT2D eigenvalue weighted by molar-refractivity contribution is -0.275. The number of ether oxygens (including phenoxy) is 2. The third kappa shape index (κ3) is 7.40. The van der Waals surface area contributed by atoms with Crippen molar-refractivity contribution in [1.29, 1.82) is 0 Å². The minimum absolute atomic E-state index is 0.125. The average molecular weight is 589 g/mol. The van der Waals surface area contributed by atoms with Crippen LogP contribution in [0.25, 0.3) is 0 Å². The Labute approximate surface area is 229 Å². The summed E-state index contributed by atoms with van der Waals surface area (Å²) >= 11 is 12.1. The first kappa shape index (κ1) is 28.7. The summed E-state index contributed by atoms with van der Waals surface area (Å²) in [6.45, 7) is 1.96. The van der Waals surface area contributed by atoms with Crippen molar-refractivity contribution in [3.05, 3.63) is 94.0 Å². The van der Waals surface area contributed by atoms with Gasteiger partial charge in [-0.2, -0.15) is 4.31 Å². The van der Waals surface area contributed by atoms with Crippen molar-refractivity contribution in [2.75, 3.05) is 39.3 Å². The molecule has 1 aliphatic heterocycles. The van der Waals surface area contributed by atoms with Gasteiger partial charge in [0.15, 0.2) is 0 Å². The highest BCUT2D eigenvalue weighted by Gasteiger charge is 2.36. The molecule has 3 aromatic carbocycles. The third-order valence-corrected chi connectivity index (χ3v) is 8.50. The monoisotopic (exact) mass is 588 g/mol. The minimum Gasteiger partial charge on any atom is -0.404 e. The molecular weight excluding hydrogens is 564 g/mol. The molecule has 0 radical (unpaired) electrons. The molecule has 0 saturated carbocycles. The van der Waals surface area contributed by atoms with Gasteiger partial charge in [0.25, 0.3) is 0 Å². The number of nitrogens with zero attached hydrogens (tertiary/aromatic N) is 2. The van der Waals surface area contributed by atoms with Gasteiger partial charge in [-0.25, -0.2) is 8.42 Å². The van der Waals surface area contributed by atoms with Gasteiger partial charge in [-0.15, -0.1) is 13.2 Å². The Morgan fingerprint density at radius 2 is 1.34 bits per heavy atom. The lowest BCUT2D eigenvalue weighted by atomic mass is 10.0. The smallest absolute Gasteiger partial charge is 0.404 e. The van der Waals surface area contributed by atoms with E-state index < -0.39 is 27.0 Å². The predicted octanol–water partition coefficient (Wildman–Crippen LogP) is 6.00. The molecule has 204 valence electrons. The van der Waals surface area contributed by atoms with Gasteiger partial charge in [-0.3, -0.25) is 4.90 Å². The lowest BCUT2D eigenvalue weighted by Crippen LogP contribution is -2.49. The maximum atomic E-state index is 13.1. The molecule has 1 heterocycles. The van der Waals surface area contributed by atoms with Gasteiger partial charge in [0.05, 0.1) is 6.61 Å². The van der Waals surface area contributed by atoms with E-state index in [1.54, 1.807) is 24.3 Å². The quantitative estimate of drug-likeness (QED) is 0.306. The zero-order valence-electron chi connectivity index (χ0n) is 20.1. The molecule has 0 atom stereocenters. The van der Waals surface area contributed by atoms with Crippen LogP contribution in [0.3, 0.4) is 0 Å². The molecule has 1 saturated heterocycles. The second kappa shape index (κ2) is 12.2. The minimum atomic E-state index is -5.00. The van der Waals surface area contributed by atoms with Gasteiger partial charge < -0.3 is 9.47 Å². The van der Waals surface area contributed by atoms with E-state index in [4.69, 9.17) is 27.9 Å². The van der Waals surface area contributed by atoms with Crippen molar-refractivity contribution in [3.63, 3.8) is 0 Å². The van der Waals surface area contributed by atoms with Crippen LogP contribution in [-0.2, 0) is 14.8 Å². The largest absolute Gasteiger partial charge is 0.573 e. The molecule has 0 N–H and O–H groups in total. The Bertz CT molecular complexity index is 1270. The van der Waals surface area contributed by atoms with Crippen molar-refractivity contribution in [2.24, 2.45) is 0 Å². The van der Waals surface area contributed by atoms with E-state index in [1.165, 1.54) is 16.4 Å². The summed E-state index contributed by atoms with van der Waals surface area (Å²) in [7, 11) is -4.17. The number of piperazine rings is 1. The van der Waals surface area contributed by atoms with E-state index in [2.05, 4.69) is 4.74 Å². The van der Waals surface area contributed by atoms with E-state index in [-0.39, 0.29) is 19.2 Å². The molecule has 1 fully saturated rings. The summed E-state index contributed by atoms with van der Waals surface area (Å²) in [5, 5.41) is 1.23. The fraction of sp³-hybridized carbons (Fsp3) is 0.308. The van der Waals surface area contributed by atoms with Crippen LogP contribution in [0.4, 0.5) is 13.2 Å². The molecule has 0 aliphatic carbocycles. The van der Waals surface area contributed by atoms with Gasteiger partial charge in [0.2, 0.25) is 10.0 Å². The number of hydrogen-bond acceptors (Lipinski definition) is 5. The topological polar surface area (TPSA) is 59.1 Å². The number of para-hydroxylation sites is 1. The van der Waals surface area contributed by atoms with Gasteiger partial charge in [-0.05, 0) is 47.5 Å². The fourth-order valence-electron chi connectivity index (χ4n) is 4.16. The van der Waals surface area contributed by atoms with Crippen LogP contribution in [0.1, 0.15) is 17.2 Å². The summed E-state index contributed by atoms with van der Waals surface area (Å²) in [6, 6.07) is 19.5. The highest BCUT2D eigenvalue weighted by Crippen LogP contribution is 2.32. The summed E-state index contributed by atoms with van der Waals surface area (Å²) in [5.41, 5.74) is 1.85. The number of hydrogen-bond donors (Lipinski definition) is 0. The molecule has 0 amide bonds. The number of benzene rings is 3. The van der Waals surface area contributed by atoms with Crippen LogP contribution in [0, 0.1) is 0 Å². The average Bonchev–Trinajstić information content (AvgIpc) is 2.88. The molecule has 3 aromatic rings. The fourth-order valence-corrected chi connectivity index (χ4v) is 5.95. The molecule has 0 unspecified atom stereocenters. The Morgan fingerprint density at radius 3 is 1.87 bits per heavy atom. The molecule has 12 heteroatoms. The standard InChI is InChI=1S/C26H25Cl2F3N2O4S/c27-21-9-5-19(6-10-21)25(20-7-11-22(28)12-8-20)36-18-17-32-13-15-33(16-14-32)38(34,35)24-4-2-1-3-23(24)37-26(29,30)31/h1-12,25H,13-18H2. The maximum absolute atomic E-state index is 13.1. The van der Waals surface area contributed by atoms with Crippen LogP contribution >= 0.6 is 23.2 Å². The second-order valence-electron chi connectivity index (χ2n) is 8.59. The van der Waals surface area contributed by atoms with Crippen molar-refractivity contribution < 1.29 is 31.1 Å². The van der Waals surface area contributed by atoms with Crippen LogP contribution in [0.15, 0.2) is 77.7 Å². The Balaban J connectivity index is 1.36. The zero-order chi connectivity index (χ0) is 27.3. The van der Waals surface area contributed by atoms with Crippen LogP contribution < -0.4 is 4.74 Å².